The first-order valence-electron chi connectivity index (χ1n) is 7.96. The second-order valence-electron chi connectivity index (χ2n) is 6.03. The molecule has 24 heavy (non-hydrogen) atoms. The molecule has 0 aromatic heterocycles. The summed E-state index contributed by atoms with van der Waals surface area (Å²) < 4.78 is 0.915. The highest BCUT2D eigenvalue weighted by atomic mass is 79.9. The van der Waals surface area contributed by atoms with Crippen LogP contribution in [0, 0.1) is 5.92 Å². The van der Waals surface area contributed by atoms with Gasteiger partial charge in [0, 0.05) is 23.1 Å². The summed E-state index contributed by atoms with van der Waals surface area (Å²) in [5, 5.41) is 3.01. The number of nitrogens with one attached hydrogen (secondary N) is 1. The molecule has 2 aromatic carbocycles. The molecule has 0 saturated carbocycles. The first-order chi connectivity index (χ1) is 11.5. The molecule has 5 heteroatoms. The third kappa shape index (κ3) is 3.67. The van der Waals surface area contributed by atoms with Crippen molar-refractivity contribution in [3.8, 4) is 0 Å². The second-order valence-corrected chi connectivity index (χ2v) is 6.94. The van der Waals surface area contributed by atoms with Crippen LogP contribution in [0.1, 0.15) is 24.9 Å². The molecule has 1 fully saturated rings. The molecule has 2 amide bonds. The lowest BCUT2D eigenvalue weighted by molar-refractivity contribution is -0.126. The standard InChI is InChI=1S/C19H19BrN2O2/c1-13(14-6-3-2-4-7-14)21-19(24)15-10-18(23)22(12-15)17-9-5-8-16(20)11-17/h2-9,11,13,15H,10,12H2,1H3,(H,21,24). The number of hydrogen-bond acceptors (Lipinski definition) is 2. The monoisotopic (exact) mass is 386 g/mol. The molecule has 2 atom stereocenters. The average molecular weight is 387 g/mol. The number of hydrogen-bond donors (Lipinski definition) is 1. The predicted octanol–water partition coefficient (Wildman–Crippen LogP) is 3.68. The maximum atomic E-state index is 12.5. The Labute approximate surface area is 150 Å². The van der Waals surface area contributed by atoms with E-state index in [1.54, 1.807) is 4.90 Å². The Bertz CT molecular complexity index is 748. The van der Waals surface area contributed by atoms with Crippen LogP contribution < -0.4 is 10.2 Å². The molecule has 1 N–H and O–H groups in total. The SMILES string of the molecule is CC(NC(=O)C1CC(=O)N(c2cccc(Br)c2)C1)c1ccccc1. The van der Waals surface area contributed by atoms with Gasteiger partial charge >= 0.3 is 0 Å². The largest absolute Gasteiger partial charge is 0.349 e. The Balaban J connectivity index is 1.66. The molecule has 124 valence electrons. The fraction of sp³-hybridized carbons (Fsp3) is 0.263. The van der Waals surface area contributed by atoms with Crippen LogP contribution in [0.15, 0.2) is 59.1 Å². The molecule has 0 spiro atoms. The topological polar surface area (TPSA) is 49.4 Å². The van der Waals surface area contributed by atoms with E-state index in [0.29, 0.717) is 6.54 Å². The first-order valence-corrected chi connectivity index (χ1v) is 8.75. The van der Waals surface area contributed by atoms with Crippen molar-refractivity contribution >= 4 is 33.4 Å². The van der Waals surface area contributed by atoms with Crippen LogP contribution in [0.3, 0.4) is 0 Å². The van der Waals surface area contributed by atoms with E-state index >= 15 is 0 Å². The van der Waals surface area contributed by atoms with Gasteiger partial charge in [0.2, 0.25) is 11.8 Å². The van der Waals surface area contributed by atoms with E-state index in [1.165, 1.54) is 0 Å². The highest BCUT2D eigenvalue weighted by molar-refractivity contribution is 9.10. The number of amides is 2. The minimum absolute atomic E-state index is 0.0133. The van der Waals surface area contributed by atoms with Crippen LogP contribution in [0.25, 0.3) is 0 Å². The van der Waals surface area contributed by atoms with Gasteiger partial charge in [-0.1, -0.05) is 52.3 Å². The van der Waals surface area contributed by atoms with Crippen molar-refractivity contribution < 1.29 is 9.59 Å². The summed E-state index contributed by atoms with van der Waals surface area (Å²) in [6.07, 6.45) is 0.250. The third-order valence-corrected chi connectivity index (χ3v) is 4.77. The minimum atomic E-state index is -0.317. The van der Waals surface area contributed by atoms with Crippen LogP contribution in [0.4, 0.5) is 5.69 Å². The van der Waals surface area contributed by atoms with Gasteiger partial charge in [-0.15, -0.1) is 0 Å². The molecule has 2 unspecified atom stereocenters. The van der Waals surface area contributed by atoms with E-state index in [1.807, 2.05) is 61.5 Å². The smallest absolute Gasteiger partial charge is 0.227 e. The minimum Gasteiger partial charge on any atom is -0.349 e. The number of halogens is 1. The van der Waals surface area contributed by atoms with Crippen molar-refractivity contribution in [1.82, 2.24) is 5.32 Å². The predicted molar refractivity (Wildman–Crippen MR) is 97.6 cm³/mol. The van der Waals surface area contributed by atoms with E-state index in [4.69, 9.17) is 0 Å². The van der Waals surface area contributed by atoms with Crippen molar-refractivity contribution in [1.29, 1.82) is 0 Å². The van der Waals surface area contributed by atoms with Crippen LogP contribution >= 0.6 is 15.9 Å². The Hall–Kier alpha value is -2.14. The molecule has 1 aliphatic rings. The summed E-state index contributed by atoms with van der Waals surface area (Å²) >= 11 is 3.41. The number of anilines is 1. The Morgan fingerprint density at radius 3 is 2.67 bits per heavy atom. The summed E-state index contributed by atoms with van der Waals surface area (Å²) in [7, 11) is 0. The fourth-order valence-corrected chi connectivity index (χ4v) is 3.32. The highest BCUT2D eigenvalue weighted by Crippen LogP contribution is 2.27. The molecule has 4 nitrogen and oxygen atoms in total. The number of benzene rings is 2. The fourth-order valence-electron chi connectivity index (χ4n) is 2.93. The van der Waals surface area contributed by atoms with Crippen molar-refractivity contribution in [2.24, 2.45) is 5.92 Å². The molecular formula is C19H19BrN2O2. The van der Waals surface area contributed by atoms with Gasteiger partial charge < -0.3 is 10.2 Å². The first kappa shape index (κ1) is 16.7. The van der Waals surface area contributed by atoms with Crippen LogP contribution in [-0.4, -0.2) is 18.4 Å². The van der Waals surface area contributed by atoms with Crippen molar-refractivity contribution in [2.45, 2.75) is 19.4 Å². The normalized spacial score (nSPS) is 18.5. The van der Waals surface area contributed by atoms with Gasteiger partial charge in [0.25, 0.3) is 0 Å². The van der Waals surface area contributed by atoms with Crippen LogP contribution in [0.5, 0.6) is 0 Å². The molecular weight excluding hydrogens is 368 g/mol. The zero-order valence-corrected chi connectivity index (χ0v) is 15.0. The maximum Gasteiger partial charge on any atom is 0.227 e. The summed E-state index contributed by atoms with van der Waals surface area (Å²) in [5.74, 6) is -0.402. The zero-order valence-electron chi connectivity index (χ0n) is 13.4. The molecule has 2 aromatic rings. The van der Waals surface area contributed by atoms with Gasteiger partial charge in [0.1, 0.15) is 0 Å². The summed E-state index contributed by atoms with van der Waals surface area (Å²) in [5.41, 5.74) is 1.87. The number of carbonyl (C=O) groups is 2. The molecule has 1 aliphatic heterocycles. The van der Waals surface area contributed by atoms with E-state index in [-0.39, 0.29) is 30.2 Å². The van der Waals surface area contributed by atoms with Gasteiger partial charge in [-0.2, -0.15) is 0 Å². The number of nitrogens with zero attached hydrogens (tertiary/aromatic N) is 1. The quantitative estimate of drug-likeness (QED) is 0.870. The average Bonchev–Trinajstić information content (AvgIpc) is 2.97. The van der Waals surface area contributed by atoms with Gasteiger partial charge in [0.05, 0.1) is 12.0 Å². The lowest BCUT2D eigenvalue weighted by atomic mass is 10.1. The summed E-state index contributed by atoms with van der Waals surface area (Å²) in [6, 6.07) is 17.3. The number of rotatable bonds is 4. The molecule has 1 heterocycles. The Morgan fingerprint density at radius 2 is 1.96 bits per heavy atom. The van der Waals surface area contributed by atoms with Crippen molar-refractivity contribution in [2.75, 3.05) is 11.4 Å². The molecule has 0 aliphatic carbocycles. The lowest BCUT2D eigenvalue weighted by Gasteiger charge is -2.19. The van der Waals surface area contributed by atoms with E-state index in [0.717, 1.165) is 15.7 Å². The van der Waals surface area contributed by atoms with Gasteiger partial charge in [-0.25, -0.2) is 0 Å². The van der Waals surface area contributed by atoms with Crippen LogP contribution in [0.2, 0.25) is 0 Å². The maximum absolute atomic E-state index is 12.5. The van der Waals surface area contributed by atoms with Gasteiger partial charge in [-0.05, 0) is 30.7 Å². The number of carbonyl (C=O) groups excluding carboxylic acids is 2. The molecule has 3 rings (SSSR count). The molecule has 0 bridgehead atoms. The van der Waals surface area contributed by atoms with Gasteiger partial charge in [-0.3, -0.25) is 9.59 Å². The van der Waals surface area contributed by atoms with Gasteiger partial charge in [0.15, 0.2) is 0 Å². The lowest BCUT2D eigenvalue weighted by Crippen LogP contribution is -2.34. The van der Waals surface area contributed by atoms with Crippen LogP contribution in [-0.2, 0) is 9.59 Å². The molecule has 1 saturated heterocycles. The van der Waals surface area contributed by atoms with E-state index in [2.05, 4.69) is 21.2 Å². The third-order valence-electron chi connectivity index (χ3n) is 4.27. The van der Waals surface area contributed by atoms with E-state index in [9.17, 15) is 9.59 Å². The second kappa shape index (κ2) is 7.18. The Morgan fingerprint density at radius 1 is 1.21 bits per heavy atom. The molecule has 0 radical (unpaired) electrons. The summed E-state index contributed by atoms with van der Waals surface area (Å²) in [6.45, 7) is 2.37. The van der Waals surface area contributed by atoms with Crippen molar-refractivity contribution in [3.05, 3.63) is 64.6 Å². The van der Waals surface area contributed by atoms with E-state index < -0.39 is 0 Å². The zero-order chi connectivity index (χ0) is 17.1. The Kier molecular flexibility index (Phi) is 5.00. The highest BCUT2D eigenvalue weighted by Gasteiger charge is 2.35. The van der Waals surface area contributed by atoms with Crippen molar-refractivity contribution in [3.63, 3.8) is 0 Å². The summed E-state index contributed by atoms with van der Waals surface area (Å²) in [4.78, 5) is 26.5.